The van der Waals surface area contributed by atoms with Gasteiger partial charge in [0, 0.05) is 43.0 Å². The van der Waals surface area contributed by atoms with E-state index in [1.54, 1.807) is 29.2 Å². The molecule has 0 bridgehead atoms. The number of carbonyl (C=O) groups is 2. The molecule has 0 heterocycles. The number of nitrogens with one attached hydrogen (secondary N) is 1. The Kier molecular flexibility index (Phi) is 12.2. The number of nitrogens with zero attached hydrogens (tertiary/aromatic N) is 2. The predicted molar refractivity (Wildman–Crippen MR) is 166 cm³/mol. The van der Waals surface area contributed by atoms with Gasteiger partial charge in [-0.3, -0.25) is 13.9 Å². The fraction of sp³-hybridized carbons (Fsp3) is 0.355. The van der Waals surface area contributed by atoms with Gasteiger partial charge >= 0.3 is 0 Å². The van der Waals surface area contributed by atoms with Gasteiger partial charge in [0.1, 0.15) is 11.8 Å². The van der Waals surface area contributed by atoms with Crippen molar-refractivity contribution < 1.29 is 22.7 Å². The molecule has 0 aromatic heterocycles. The van der Waals surface area contributed by atoms with E-state index in [0.29, 0.717) is 24.4 Å². The highest BCUT2D eigenvalue weighted by atomic mass is 79.9. The Bertz CT molecular complexity index is 1400. The first-order valence-corrected chi connectivity index (χ1v) is 16.2. The highest BCUT2D eigenvalue weighted by Crippen LogP contribution is 2.24. The lowest BCUT2D eigenvalue weighted by atomic mass is 10.0. The van der Waals surface area contributed by atoms with Crippen molar-refractivity contribution in [3.8, 4) is 5.75 Å². The van der Waals surface area contributed by atoms with Gasteiger partial charge in [0.15, 0.2) is 0 Å². The summed E-state index contributed by atoms with van der Waals surface area (Å²) in [6.45, 7) is 2.83. The third-order valence-corrected chi connectivity index (χ3v) is 8.24. The minimum absolute atomic E-state index is 0.0658. The van der Waals surface area contributed by atoms with Crippen molar-refractivity contribution in [1.82, 2.24) is 10.2 Å². The molecule has 0 aliphatic rings. The molecule has 0 saturated heterocycles. The molecule has 0 aliphatic carbocycles. The molecule has 2 amide bonds. The molecule has 220 valence electrons. The van der Waals surface area contributed by atoms with Crippen LogP contribution in [0.25, 0.3) is 0 Å². The number of halogens is 1. The third-order valence-electron chi connectivity index (χ3n) is 6.56. The molecule has 0 fully saturated rings. The van der Waals surface area contributed by atoms with Crippen molar-refractivity contribution in [3.05, 3.63) is 94.5 Å². The maximum Gasteiger partial charge on any atom is 0.243 e. The quantitative estimate of drug-likeness (QED) is 0.247. The molecule has 1 unspecified atom stereocenters. The van der Waals surface area contributed by atoms with Crippen LogP contribution in [0.15, 0.2) is 83.3 Å². The van der Waals surface area contributed by atoms with Crippen LogP contribution < -0.4 is 14.4 Å². The number of methoxy groups -OCH3 is 1. The number of carbonyl (C=O) groups excluding carboxylic acids is 2. The number of sulfonamides is 1. The third kappa shape index (κ3) is 9.89. The van der Waals surface area contributed by atoms with E-state index in [4.69, 9.17) is 4.74 Å². The van der Waals surface area contributed by atoms with Crippen molar-refractivity contribution in [3.63, 3.8) is 0 Å². The van der Waals surface area contributed by atoms with Gasteiger partial charge in [-0.25, -0.2) is 8.42 Å². The van der Waals surface area contributed by atoms with E-state index < -0.39 is 16.1 Å². The van der Waals surface area contributed by atoms with Crippen molar-refractivity contribution in [1.29, 1.82) is 0 Å². The second-order valence-corrected chi connectivity index (χ2v) is 12.6. The van der Waals surface area contributed by atoms with Crippen LogP contribution in [-0.2, 0) is 32.6 Å². The standard InChI is InChI=1S/C31H38BrN3O5S/c1-4-18-33-31(37)29(21-24-11-6-5-7-12-24)34(23-25-13-8-14-26(32)20-25)30(36)17-10-19-35(41(3,38)39)27-15-9-16-28(22-27)40-2/h5-9,11-16,20,22,29H,4,10,17-19,21,23H2,1-3H3,(H,33,37). The summed E-state index contributed by atoms with van der Waals surface area (Å²) < 4.78 is 32.7. The largest absolute Gasteiger partial charge is 0.497 e. The normalized spacial score (nSPS) is 11.9. The van der Waals surface area contributed by atoms with Gasteiger partial charge in [0.05, 0.1) is 19.1 Å². The monoisotopic (exact) mass is 643 g/mol. The molecule has 0 saturated carbocycles. The zero-order valence-electron chi connectivity index (χ0n) is 23.8. The number of anilines is 1. The van der Waals surface area contributed by atoms with E-state index >= 15 is 0 Å². The zero-order valence-corrected chi connectivity index (χ0v) is 26.2. The highest BCUT2D eigenvalue weighted by Gasteiger charge is 2.30. The Morgan fingerprint density at radius 3 is 2.34 bits per heavy atom. The molecular formula is C31H38BrN3O5S. The van der Waals surface area contributed by atoms with E-state index in [1.807, 2.05) is 61.5 Å². The van der Waals surface area contributed by atoms with Gasteiger partial charge in [-0.2, -0.15) is 0 Å². The maximum absolute atomic E-state index is 13.9. The van der Waals surface area contributed by atoms with Crippen LogP contribution in [0.2, 0.25) is 0 Å². The molecule has 10 heteroatoms. The van der Waals surface area contributed by atoms with E-state index in [1.165, 1.54) is 11.4 Å². The first kappa shape index (κ1) is 32.1. The van der Waals surface area contributed by atoms with Gasteiger partial charge in [0.2, 0.25) is 21.8 Å². The molecular weight excluding hydrogens is 606 g/mol. The van der Waals surface area contributed by atoms with E-state index in [2.05, 4.69) is 21.2 Å². The summed E-state index contributed by atoms with van der Waals surface area (Å²) in [6, 6.07) is 23.3. The fourth-order valence-electron chi connectivity index (χ4n) is 4.52. The average Bonchev–Trinajstić information content (AvgIpc) is 2.95. The van der Waals surface area contributed by atoms with Crippen LogP contribution in [0.3, 0.4) is 0 Å². The highest BCUT2D eigenvalue weighted by molar-refractivity contribution is 9.10. The number of hydrogen-bond acceptors (Lipinski definition) is 5. The number of benzene rings is 3. The molecule has 3 aromatic rings. The van der Waals surface area contributed by atoms with Crippen LogP contribution in [0.4, 0.5) is 5.69 Å². The van der Waals surface area contributed by atoms with Crippen molar-refractivity contribution in [2.24, 2.45) is 0 Å². The number of amides is 2. The summed E-state index contributed by atoms with van der Waals surface area (Å²) in [5.74, 6) is 0.0964. The summed E-state index contributed by atoms with van der Waals surface area (Å²) in [7, 11) is -2.09. The zero-order chi connectivity index (χ0) is 29.8. The van der Waals surface area contributed by atoms with Crippen LogP contribution in [0, 0.1) is 0 Å². The van der Waals surface area contributed by atoms with Gasteiger partial charge in [-0.15, -0.1) is 0 Å². The smallest absolute Gasteiger partial charge is 0.243 e. The average molecular weight is 645 g/mol. The predicted octanol–water partition coefficient (Wildman–Crippen LogP) is 5.17. The molecule has 1 N–H and O–H groups in total. The Balaban J connectivity index is 1.87. The van der Waals surface area contributed by atoms with Gasteiger partial charge < -0.3 is 15.0 Å². The minimum Gasteiger partial charge on any atom is -0.497 e. The Morgan fingerprint density at radius 2 is 1.68 bits per heavy atom. The summed E-state index contributed by atoms with van der Waals surface area (Å²) in [6.07, 6.45) is 2.61. The fourth-order valence-corrected chi connectivity index (χ4v) is 5.93. The van der Waals surface area contributed by atoms with Crippen molar-refractivity contribution in [2.75, 3.05) is 30.8 Å². The van der Waals surface area contributed by atoms with Gasteiger partial charge in [0.25, 0.3) is 0 Å². The molecule has 1 atom stereocenters. The Morgan fingerprint density at radius 1 is 0.976 bits per heavy atom. The topological polar surface area (TPSA) is 96.0 Å². The first-order valence-electron chi connectivity index (χ1n) is 13.6. The van der Waals surface area contributed by atoms with Crippen LogP contribution in [0.5, 0.6) is 5.75 Å². The second-order valence-electron chi connectivity index (χ2n) is 9.79. The number of ether oxygens (including phenoxy) is 1. The first-order chi connectivity index (χ1) is 19.6. The summed E-state index contributed by atoms with van der Waals surface area (Å²) in [5, 5.41) is 2.97. The van der Waals surface area contributed by atoms with E-state index in [9.17, 15) is 18.0 Å². The molecule has 0 aliphatic heterocycles. The molecule has 41 heavy (non-hydrogen) atoms. The second kappa shape index (κ2) is 15.6. The molecule has 3 aromatic carbocycles. The van der Waals surface area contributed by atoms with Crippen LogP contribution >= 0.6 is 15.9 Å². The lowest BCUT2D eigenvalue weighted by Gasteiger charge is -2.32. The maximum atomic E-state index is 13.9. The van der Waals surface area contributed by atoms with Crippen molar-refractivity contribution >= 4 is 43.5 Å². The van der Waals surface area contributed by atoms with E-state index in [-0.39, 0.29) is 37.7 Å². The number of hydrogen-bond donors (Lipinski definition) is 1. The summed E-state index contributed by atoms with van der Waals surface area (Å²) in [4.78, 5) is 28.9. The lowest BCUT2D eigenvalue weighted by Crippen LogP contribution is -2.50. The lowest BCUT2D eigenvalue weighted by molar-refractivity contribution is -0.141. The van der Waals surface area contributed by atoms with Gasteiger partial charge in [-0.1, -0.05) is 71.4 Å². The van der Waals surface area contributed by atoms with Crippen LogP contribution in [-0.4, -0.2) is 57.6 Å². The van der Waals surface area contributed by atoms with Crippen molar-refractivity contribution in [2.45, 2.75) is 45.2 Å². The van der Waals surface area contributed by atoms with Crippen LogP contribution in [0.1, 0.15) is 37.3 Å². The molecule has 0 spiro atoms. The molecule has 0 radical (unpaired) electrons. The minimum atomic E-state index is -3.61. The van der Waals surface area contributed by atoms with Gasteiger partial charge in [-0.05, 0) is 48.2 Å². The SMILES string of the molecule is CCCNC(=O)C(Cc1ccccc1)N(Cc1cccc(Br)c1)C(=O)CCCN(c1cccc(OC)c1)S(C)(=O)=O. The number of rotatable bonds is 15. The Hall–Kier alpha value is -3.37. The molecule has 3 rings (SSSR count). The summed E-state index contributed by atoms with van der Waals surface area (Å²) in [5.41, 5.74) is 2.28. The summed E-state index contributed by atoms with van der Waals surface area (Å²) >= 11 is 3.50. The van der Waals surface area contributed by atoms with E-state index in [0.717, 1.165) is 28.3 Å². The molecule has 8 nitrogen and oxygen atoms in total. The Labute approximate surface area is 251 Å².